The van der Waals surface area contributed by atoms with Crippen molar-refractivity contribution in [3.63, 3.8) is 0 Å². The molecule has 0 spiro atoms. The number of benzene rings is 1. The average molecular weight is 475 g/mol. The van der Waals surface area contributed by atoms with E-state index >= 15 is 0 Å². The van der Waals surface area contributed by atoms with Gasteiger partial charge in [0.1, 0.15) is 0 Å². The molecular weight excluding hydrogens is 448 g/mol. The van der Waals surface area contributed by atoms with E-state index < -0.39 is 0 Å². The topological polar surface area (TPSA) is 83.8 Å². The summed E-state index contributed by atoms with van der Waals surface area (Å²) in [6, 6.07) is 16.2. The number of pyridine rings is 1. The van der Waals surface area contributed by atoms with Crippen LogP contribution in [0.3, 0.4) is 0 Å². The van der Waals surface area contributed by atoms with Crippen LogP contribution in [0.4, 0.5) is 11.6 Å². The minimum absolute atomic E-state index is 0.0199. The Morgan fingerprint density at radius 2 is 1.91 bits per heavy atom. The number of nitrogens with one attached hydrogen (secondary N) is 2. The molecule has 2 fully saturated rings. The van der Waals surface area contributed by atoms with Crippen LogP contribution in [0.1, 0.15) is 28.1 Å². The van der Waals surface area contributed by atoms with Crippen molar-refractivity contribution in [2.75, 3.05) is 31.6 Å². The van der Waals surface area contributed by atoms with Crippen molar-refractivity contribution in [2.45, 2.75) is 25.4 Å². The quantitative estimate of drug-likeness (QED) is 0.422. The Hall–Kier alpha value is -3.27. The van der Waals surface area contributed by atoms with Gasteiger partial charge in [0, 0.05) is 58.4 Å². The number of ether oxygens (including phenoxy) is 1. The third kappa shape index (κ3) is 4.68. The molecule has 1 saturated heterocycles. The Balaban J connectivity index is 1.18. The molecule has 8 nitrogen and oxygen atoms in total. The standard InChI is InChI=1S/C25H26N6O2S/c32-24(26-18-7-8-18)17-3-5-19(6-4-17)27-25-28-23-21(2-1-11-31(23)29-25)22-10-9-20(34-22)16-30-12-14-33-15-13-30/h1-6,9-11,18H,7-8,12-16H2,(H,26,32)(H,27,29). The molecule has 34 heavy (non-hydrogen) atoms. The lowest BCUT2D eigenvalue weighted by molar-refractivity contribution is 0.0346. The Morgan fingerprint density at radius 1 is 1.09 bits per heavy atom. The maximum atomic E-state index is 12.2. The lowest BCUT2D eigenvalue weighted by Crippen LogP contribution is -2.35. The van der Waals surface area contributed by atoms with Gasteiger partial charge in [-0.15, -0.1) is 16.4 Å². The normalized spacial score (nSPS) is 16.6. The minimum Gasteiger partial charge on any atom is -0.379 e. The number of carbonyl (C=O) groups is 1. The summed E-state index contributed by atoms with van der Waals surface area (Å²) >= 11 is 1.80. The fourth-order valence-electron chi connectivity index (χ4n) is 4.07. The van der Waals surface area contributed by atoms with Gasteiger partial charge in [0.15, 0.2) is 5.65 Å². The number of rotatable bonds is 7. The van der Waals surface area contributed by atoms with Gasteiger partial charge in [-0.05, 0) is 61.4 Å². The van der Waals surface area contributed by atoms with Crippen LogP contribution in [0.2, 0.25) is 0 Å². The van der Waals surface area contributed by atoms with Gasteiger partial charge in [-0.25, -0.2) is 4.52 Å². The van der Waals surface area contributed by atoms with Gasteiger partial charge >= 0.3 is 0 Å². The predicted molar refractivity (Wildman–Crippen MR) is 133 cm³/mol. The summed E-state index contributed by atoms with van der Waals surface area (Å²) in [5.41, 5.74) is 3.37. The van der Waals surface area contributed by atoms with Crippen LogP contribution in [-0.4, -0.2) is 57.8 Å². The molecule has 174 valence electrons. The third-order valence-electron chi connectivity index (χ3n) is 6.09. The monoisotopic (exact) mass is 474 g/mol. The van der Waals surface area contributed by atoms with Gasteiger partial charge in [-0.3, -0.25) is 9.69 Å². The summed E-state index contributed by atoms with van der Waals surface area (Å²) in [4.78, 5) is 21.9. The van der Waals surface area contributed by atoms with E-state index in [-0.39, 0.29) is 5.91 Å². The van der Waals surface area contributed by atoms with E-state index in [2.05, 4.69) is 38.8 Å². The Kier molecular flexibility index (Phi) is 5.74. The number of fused-ring (bicyclic) bond motifs is 1. The van der Waals surface area contributed by atoms with Gasteiger partial charge in [-0.1, -0.05) is 0 Å². The van der Waals surface area contributed by atoms with Crippen molar-refractivity contribution in [1.29, 1.82) is 0 Å². The molecule has 1 aromatic carbocycles. The lowest BCUT2D eigenvalue weighted by Gasteiger charge is -2.25. The number of amides is 1. The molecule has 0 unspecified atom stereocenters. The smallest absolute Gasteiger partial charge is 0.251 e. The van der Waals surface area contributed by atoms with E-state index in [1.165, 1.54) is 9.75 Å². The maximum absolute atomic E-state index is 12.2. The van der Waals surface area contributed by atoms with Gasteiger partial charge in [0.25, 0.3) is 5.91 Å². The number of hydrogen-bond acceptors (Lipinski definition) is 7. The number of anilines is 2. The van der Waals surface area contributed by atoms with Crippen LogP contribution < -0.4 is 10.6 Å². The van der Waals surface area contributed by atoms with Crippen molar-refractivity contribution < 1.29 is 9.53 Å². The molecule has 1 saturated carbocycles. The highest BCUT2D eigenvalue weighted by atomic mass is 32.1. The van der Waals surface area contributed by atoms with Gasteiger partial charge in [-0.2, -0.15) is 4.98 Å². The lowest BCUT2D eigenvalue weighted by atomic mass is 10.2. The van der Waals surface area contributed by atoms with E-state index in [4.69, 9.17) is 9.72 Å². The first-order chi connectivity index (χ1) is 16.7. The molecule has 6 rings (SSSR count). The molecule has 0 radical (unpaired) electrons. The second kappa shape index (κ2) is 9.17. The summed E-state index contributed by atoms with van der Waals surface area (Å²) in [6.45, 7) is 4.53. The highest BCUT2D eigenvalue weighted by Gasteiger charge is 2.23. The first-order valence-corrected chi connectivity index (χ1v) is 12.5. The van der Waals surface area contributed by atoms with Crippen LogP contribution in [-0.2, 0) is 11.3 Å². The van der Waals surface area contributed by atoms with Gasteiger partial charge in [0.05, 0.1) is 13.2 Å². The first-order valence-electron chi connectivity index (χ1n) is 11.6. The molecule has 1 amide bonds. The zero-order chi connectivity index (χ0) is 22.9. The fourth-order valence-corrected chi connectivity index (χ4v) is 5.14. The highest BCUT2D eigenvalue weighted by molar-refractivity contribution is 7.15. The molecule has 1 aliphatic heterocycles. The minimum atomic E-state index is -0.0199. The number of nitrogens with zero attached hydrogens (tertiary/aromatic N) is 4. The van der Waals surface area contributed by atoms with Crippen molar-refractivity contribution in [3.05, 3.63) is 65.2 Å². The molecule has 2 N–H and O–H groups in total. The summed E-state index contributed by atoms with van der Waals surface area (Å²) in [7, 11) is 0. The van der Waals surface area contributed by atoms with Crippen molar-refractivity contribution in [3.8, 4) is 10.4 Å². The molecule has 0 bridgehead atoms. The Morgan fingerprint density at radius 3 is 2.71 bits per heavy atom. The van der Waals surface area contributed by atoms with E-state index in [0.717, 1.165) is 62.6 Å². The van der Waals surface area contributed by atoms with Gasteiger partial charge in [0.2, 0.25) is 5.95 Å². The largest absolute Gasteiger partial charge is 0.379 e. The summed E-state index contributed by atoms with van der Waals surface area (Å²) < 4.78 is 7.26. The number of thiophene rings is 1. The van der Waals surface area contributed by atoms with Crippen LogP contribution in [0.5, 0.6) is 0 Å². The number of carbonyl (C=O) groups excluding carboxylic acids is 1. The first kappa shape index (κ1) is 21.3. The van der Waals surface area contributed by atoms with Gasteiger partial charge < -0.3 is 15.4 Å². The molecule has 9 heteroatoms. The van der Waals surface area contributed by atoms with E-state index in [9.17, 15) is 4.79 Å². The van der Waals surface area contributed by atoms with Crippen molar-refractivity contribution in [2.24, 2.45) is 0 Å². The van der Waals surface area contributed by atoms with Crippen LogP contribution in [0, 0.1) is 0 Å². The summed E-state index contributed by atoms with van der Waals surface area (Å²) in [5.74, 6) is 0.501. The second-order valence-corrected chi connectivity index (χ2v) is 9.90. The molecule has 0 atom stereocenters. The van der Waals surface area contributed by atoms with E-state index in [0.29, 0.717) is 17.6 Å². The summed E-state index contributed by atoms with van der Waals surface area (Å²) in [6.07, 6.45) is 4.06. The molecule has 4 aromatic rings. The Labute approximate surface area is 201 Å². The van der Waals surface area contributed by atoms with Crippen LogP contribution >= 0.6 is 11.3 Å². The molecule has 4 heterocycles. The zero-order valence-electron chi connectivity index (χ0n) is 18.7. The maximum Gasteiger partial charge on any atom is 0.251 e. The Bertz CT molecular complexity index is 1300. The number of aromatic nitrogens is 3. The third-order valence-corrected chi connectivity index (χ3v) is 7.19. The number of morpholine rings is 1. The average Bonchev–Trinajstić information content (AvgIpc) is 3.38. The van der Waals surface area contributed by atoms with Crippen LogP contribution in [0.15, 0.2) is 54.7 Å². The van der Waals surface area contributed by atoms with Crippen LogP contribution in [0.25, 0.3) is 16.1 Å². The van der Waals surface area contributed by atoms with Crippen molar-refractivity contribution >= 4 is 34.5 Å². The SMILES string of the molecule is O=C(NC1CC1)c1ccc(Nc2nc3c(-c4ccc(CN5CCOCC5)s4)cccn3n2)cc1. The second-order valence-electron chi connectivity index (χ2n) is 8.73. The van der Waals surface area contributed by atoms with Crippen molar-refractivity contribution in [1.82, 2.24) is 24.8 Å². The molecule has 3 aromatic heterocycles. The fraction of sp³-hybridized carbons (Fsp3) is 0.320. The number of hydrogen-bond donors (Lipinski definition) is 2. The zero-order valence-corrected chi connectivity index (χ0v) is 19.6. The molecule has 2 aliphatic rings. The summed E-state index contributed by atoms with van der Waals surface area (Å²) in [5, 5.41) is 10.9. The van der Waals surface area contributed by atoms with E-state index in [1.54, 1.807) is 15.9 Å². The van der Waals surface area contributed by atoms with E-state index in [1.807, 2.05) is 36.5 Å². The predicted octanol–water partition coefficient (Wildman–Crippen LogP) is 3.93. The molecule has 1 aliphatic carbocycles. The highest BCUT2D eigenvalue weighted by Crippen LogP contribution is 2.32. The molecular formula is C25H26N6O2S.